The smallest absolute Gasteiger partial charge is 0.225 e. The normalized spacial score (nSPS) is 30.8. The van der Waals surface area contributed by atoms with E-state index in [0.717, 1.165) is 31.9 Å². The fourth-order valence-electron chi connectivity index (χ4n) is 3.52. The van der Waals surface area contributed by atoms with E-state index in [-0.39, 0.29) is 5.41 Å². The van der Waals surface area contributed by atoms with Crippen LogP contribution in [0.15, 0.2) is 12.4 Å². The van der Waals surface area contributed by atoms with Crippen LogP contribution in [0.1, 0.15) is 31.7 Å². The Balaban J connectivity index is 1.78. The van der Waals surface area contributed by atoms with Gasteiger partial charge in [0.1, 0.15) is 0 Å². The molecule has 2 unspecified atom stereocenters. The van der Waals surface area contributed by atoms with Crippen LogP contribution in [0.4, 0.5) is 5.95 Å². The van der Waals surface area contributed by atoms with Gasteiger partial charge in [-0.25, -0.2) is 9.97 Å². The minimum absolute atomic E-state index is 0.118. The monoisotopic (exact) mass is 247 g/mol. The maximum Gasteiger partial charge on any atom is 0.225 e. The van der Waals surface area contributed by atoms with E-state index in [4.69, 9.17) is 0 Å². The molecule has 1 aliphatic heterocycles. The largest absolute Gasteiger partial charge is 0.396 e. The molecule has 2 heterocycles. The van der Waals surface area contributed by atoms with Crippen LogP contribution >= 0.6 is 0 Å². The second-order valence-corrected chi connectivity index (χ2v) is 5.74. The number of aliphatic hydroxyl groups excluding tert-OH is 1. The molecular formula is C14H21N3O. The molecule has 0 aromatic carbocycles. The first kappa shape index (κ1) is 11.9. The highest BCUT2D eigenvalue weighted by molar-refractivity contribution is 5.34. The predicted octanol–water partition coefficient (Wildman–Crippen LogP) is 1.64. The molecule has 0 spiro atoms. The number of aryl methyl sites for hydroxylation is 1. The summed E-state index contributed by atoms with van der Waals surface area (Å²) in [4.78, 5) is 11.2. The van der Waals surface area contributed by atoms with Crippen LogP contribution in [-0.4, -0.2) is 34.8 Å². The third kappa shape index (κ3) is 1.79. The number of aromatic nitrogens is 2. The van der Waals surface area contributed by atoms with Crippen LogP contribution in [-0.2, 0) is 6.42 Å². The molecule has 1 N–H and O–H groups in total. The van der Waals surface area contributed by atoms with Crippen LogP contribution in [0.25, 0.3) is 0 Å². The van der Waals surface area contributed by atoms with E-state index in [0.29, 0.717) is 12.5 Å². The molecule has 1 aromatic rings. The molecule has 4 heteroatoms. The van der Waals surface area contributed by atoms with Gasteiger partial charge in [0.15, 0.2) is 0 Å². The lowest BCUT2D eigenvalue weighted by atomic mass is 9.82. The first-order valence-corrected chi connectivity index (χ1v) is 6.94. The zero-order valence-electron chi connectivity index (χ0n) is 11.0. The topological polar surface area (TPSA) is 49.2 Å². The van der Waals surface area contributed by atoms with Crippen molar-refractivity contribution in [1.82, 2.24) is 9.97 Å². The lowest BCUT2D eigenvalue weighted by molar-refractivity contribution is 0.121. The lowest BCUT2D eigenvalue weighted by Crippen LogP contribution is -2.31. The molecule has 3 rings (SSSR count). The fraction of sp³-hybridized carbons (Fsp3) is 0.714. The van der Waals surface area contributed by atoms with Crippen molar-refractivity contribution in [2.75, 3.05) is 24.6 Å². The van der Waals surface area contributed by atoms with E-state index in [1.54, 1.807) is 0 Å². The molecule has 0 amide bonds. The third-order valence-corrected chi connectivity index (χ3v) is 4.74. The molecule has 4 nitrogen and oxygen atoms in total. The van der Waals surface area contributed by atoms with Gasteiger partial charge in [-0.3, -0.25) is 0 Å². The van der Waals surface area contributed by atoms with Crippen LogP contribution < -0.4 is 4.90 Å². The minimum Gasteiger partial charge on any atom is -0.396 e. The maximum atomic E-state index is 9.71. The van der Waals surface area contributed by atoms with Gasteiger partial charge < -0.3 is 10.0 Å². The molecule has 2 atom stereocenters. The second-order valence-electron chi connectivity index (χ2n) is 5.74. The Kier molecular flexibility index (Phi) is 2.98. The lowest BCUT2D eigenvalue weighted by Gasteiger charge is -2.25. The summed E-state index contributed by atoms with van der Waals surface area (Å²) in [6.07, 6.45) is 8.46. The molecule has 1 saturated heterocycles. The van der Waals surface area contributed by atoms with Gasteiger partial charge in [-0.05, 0) is 30.7 Å². The van der Waals surface area contributed by atoms with E-state index >= 15 is 0 Å². The number of aliphatic hydroxyl groups is 1. The third-order valence-electron chi connectivity index (χ3n) is 4.74. The van der Waals surface area contributed by atoms with Gasteiger partial charge in [0.2, 0.25) is 5.95 Å². The highest BCUT2D eigenvalue weighted by atomic mass is 16.3. The summed E-state index contributed by atoms with van der Waals surface area (Å²) in [5.41, 5.74) is 1.29. The summed E-state index contributed by atoms with van der Waals surface area (Å²) in [5, 5.41) is 9.71. The quantitative estimate of drug-likeness (QED) is 0.882. The molecular weight excluding hydrogens is 226 g/mol. The molecule has 1 saturated carbocycles. The van der Waals surface area contributed by atoms with E-state index in [2.05, 4.69) is 21.8 Å². The number of hydrogen-bond acceptors (Lipinski definition) is 4. The van der Waals surface area contributed by atoms with Crippen LogP contribution in [0.5, 0.6) is 0 Å². The van der Waals surface area contributed by atoms with Crippen molar-refractivity contribution in [1.29, 1.82) is 0 Å². The van der Waals surface area contributed by atoms with E-state index in [1.807, 2.05) is 12.4 Å². The first-order chi connectivity index (χ1) is 8.77. The van der Waals surface area contributed by atoms with Crippen molar-refractivity contribution in [2.24, 2.45) is 11.3 Å². The zero-order chi connectivity index (χ0) is 12.6. The van der Waals surface area contributed by atoms with E-state index in [9.17, 15) is 5.11 Å². The Morgan fingerprint density at radius 2 is 2.22 bits per heavy atom. The Morgan fingerprint density at radius 1 is 1.44 bits per heavy atom. The Hall–Kier alpha value is -1.16. The summed E-state index contributed by atoms with van der Waals surface area (Å²) >= 11 is 0. The SMILES string of the molecule is CCc1cnc(N2CC3CCCC3(CO)C2)nc1. The minimum atomic E-state index is 0.118. The van der Waals surface area contributed by atoms with Crippen LogP contribution in [0, 0.1) is 11.3 Å². The van der Waals surface area contributed by atoms with Crippen molar-refractivity contribution >= 4 is 5.95 Å². The van der Waals surface area contributed by atoms with Gasteiger partial charge in [0, 0.05) is 30.9 Å². The zero-order valence-corrected chi connectivity index (χ0v) is 11.0. The second kappa shape index (κ2) is 4.50. The highest BCUT2D eigenvalue weighted by Crippen LogP contribution is 2.48. The van der Waals surface area contributed by atoms with Gasteiger partial charge in [-0.15, -0.1) is 0 Å². The molecule has 2 fully saturated rings. The Bertz CT molecular complexity index is 420. The van der Waals surface area contributed by atoms with Crippen molar-refractivity contribution in [2.45, 2.75) is 32.6 Å². The van der Waals surface area contributed by atoms with Gasteiger partial charge >= 0.3 is 0 Å². The summed E-state index contributed by atoms with van der Waals surface area (Å²) in [7, 11) is 0. The molecule has 2 aliphatic rings. The average molecular weight is 247 g/mol. The molecule has 98 valence electrons. The number of anilines is 1. The summed E-state index contributed by atoms with van der Waals surface area (Å²) in [5.74, 6) is 1.45. The molecule has 18 heavy (non-hydrogen) atoms. The van der Waals surface area contributed by atoms with Gasteiger partial charge in [-0.1, -0.05) is 13.3 Å². The number of fused-ring (bicyclic) bond motifs is 1. The van der Waals surface area contributed by atoms with Crippen LogP contribution in [0.2, 0.25) is 0 Å². The standard InChI is InChI=1S/C14H21N3O/c1-2-11-6-15-13(16-7-11)17-8-12-4-3-5-14(12,9-17)10-18/h6-7,12,18H,2-5,8-10H2,1H3. The summed E-state index contributed by atoms with van der Waals surface area (Å²) < 4.78 is 0. The molecule has 0 radical (unpaired) electrons. The van der Waals surface area contributed by atoms with Crippen molar-refractivity contribution in [3.05, 3.63) is 18.0 Å². The van der Waals surface area contributed by atoms with Gasteiger partial charge in [0.25, 0.3) is 0 Å². The summed E-state index contributed by atoms with van der Waals surface area (Å²) in [6, 6.07) is 0. The molecule has 0 bridgehead atoms. The maximum absolute atomic E-state index is 9.71. The number of rotatable bonds is 3. The van der Waals surface area contributed by atoms with Gasteiger partial charge in [-0.2, -0.15) is 0 Å². The van der Waals surface area contributed by atoms with Crippen LogP contribution in [0.3, 0.4) is 0 Å². The molecule has 1 aliphatic carbocycles. The van der Waals surface area contributed by atoms with Gasteiger partial charge in [0.05, 0.1) is 6.61 Å². The molecule has 1 aromatic heterocycles. The van der Waals surface area contributed by atoms with Crippen molar-refractivity contribution in [3.63, 3.8) is 0 Å². The fourth-order valence-corrected chi connectivity index (χ4v) is 3.52. The van der Waals surface area contributed by atoms with Crippen molar-refractivity contribution < 1.29 is 5.11 Å². The average Bonchev–Trinajstić information content (AvgIpc) is 2.95. The first-order valence-electron chi connectivity index (χ1n) is 6.94. The van der Waals surface area contributed by atoms with E-state index in [1.165, 1.54) is 18.4 Å². The highest BCUT2D eigenvalue weighted by Gasteiger charge is 2.49. The van der Waals surface area contributed by atoms with E-state index < -0.39 is 0 Å². The number of hydrogen-bond donors (Lipinski definition) is 1. The Labute approximate surface area is 108 Å². The summed E-state index contributed by atoms with van der Waals surface area (Å²) in [6.45, 7) is 4.34. The van der Waals surface area contributed by atoms with Crippen molar-refractivity contribution in [3.8, 4) is 0 Å². The number of nitrogens with zero attached hydrogens (tertiary/aromatic N) is 3. The Morgan fingerprint density at radius 3 is 2.83 bits per heavy atom. The predicted molar refractivity (Wildman–Crippen MR) is 70.5 cm³/mol.